The summed E-state index contributed by atoms with van der Waals surface area (Å²) < 4.78 is 12.9. The third kappa shape index (κ3) is 2.17. The highest BCUT2D eigenvalue weighted by atomic mass is 19.1. The lowest BCUT2D eigenvalue weighted by Crippen LogP contribution is -2.14. The molecule has 0 aliphatic heterocycles. The molecule has 1 aromatic rings. The predicted octanol–water partition coefficient (Wildman–Crippen LogP) is 0.790. The van der Waals surface area contributed by atoms with Crippen LogP contribution in [0.1, 0.15) is 18.0 Å². The van der Waals surface area contributed by atoms with Crippen LogP contribution in [0, 0.1) is 5.82 Å². The number of halogens is 1. The molecular weight excluding hydrogens is 171 g/mol. The second kappa shape index (κ2) is 4.20. The van der Waals surface area contributed by atoms with Crippen LogP contribution in [-0.2, 0) is 0 Å². The average Bonchev–Trinajstić information content (AvgIpc) is 2.10. The summed E-state index contributed by atoms with van der Waals surface area (Å²) in [6.45, 7) is -0.0306. The molecule has 1 aromatic carbocycles. The van der Waals surface area contributed by atoms with Crippen LogP contribution in [-0.4, -0.2) is 11.7 Å². The molecule has 0 aliphatic carbocycles. The number of para-hydroxylation sites is 1. The van der Waals surface area contributed by atoms with E-state index in [9.17, 15) is 4.39 Å². The van der Waals surface area contributed by atoms with Crippen molar-refractivity contribution in [1.29, 1.82) is 0 Å². The molecule has 5 N–H and O–H groups in total. The number of aliphatic hydroxyl groups is 1. The van der Waals surface area contributed by atoms with Gasteiger partial charge in [-0.3, -0.25) is 0 Å². The van der Waals surface area contributed by atoms with Gasteiger partial charge in [0.2, 0.25) is 0 Å². The number of nitrogen functional groups attached to an aromatic ring is 1. The standard InChI is InChI=1S/C9H13FN2O/c10-7-3-1-2-6(9(7)12)8(11)4-5-13/h1-3,8,13H,4-5,11-12H2/t8-/m0/s1. The summed E-state index contributed by atoms with van der Waals surface area (Å²) in [6.07, 6.45) is 0.383. The number of hydrogen-bond donors (Lipinski definition) is 3. The number of hydrogen-bond acceptors (Lipinski definition) is 3. The predicted molar refractivity (Wildman–Crippen MR) is 49.4 cm³/mol. The monoisotopic (exact) mass is 184 g/mol. The summed E-state index contributed by atoms with van der Waals surface area (Å²) in [5.74, 6) is -0.467. The van der Waals surface area contributed by atoms with Crippen LogP contribution in [0.25, 0.3) is 0 Å². The van der Waals surface area contributed by atoms with Gasteiger partial charge in [0.25, 0.3) is 0 Å². The zero-order chi connectivity index (χ0) is 9.84. The molecule has 0 amide bonds. The molecule has 0 aliphatic rings. The lowest BCUT2D eigenvalue weighted by Gasteiger charge is -2.13. The van der Waals surface area contributed by atoms with E-state index in [2.05, 4.69) is 0 Å². The van der Waals surface area contributed by atoms with Gasteiger partial charge >= 0.3 is 0 Å². The molecule has 3 nitrogen and oxygen atoms in total. The minimum absolute atomic E-state index is 0.0306. The Hall–Kier alpha value is -1.13. The Morgan fingerprint density at radius 1 is 1.46 bits per heavy atom. The lowest BCUT2D eigenvalue weighted by atomic mass is 10.0. The van der Waals surface area contributed by atoms with Crippen molar-refractivity contribution in [2.24, 2.45) is 5.73 Å². The van der Waals surface area contributed by atoms with Crippen molar-refractivity contribution in [2.75, 3.05) is 12.3 Å². The quantitative estimate of drug-likeness (QED) is 0.608. The SMILES string of the molecule is Nc1c(F)cccc1[C@@H](N)CCO. The fourth-order valence-electron chi connectivity index (χ4n) is 1.17. The van der Waals surface area contributed by atoms with E-state index in [0.717, 1.165) is 0 Å². The lowest BCUT2D eigenvalue weighted by molar-refractivity contribution is 0.276. The van der Waals surface area contributed by atoms with Crippen LogP contribution in [0.4, 0.5) is 10.1 Å². The second-order valence-corrected chi connectivity index (χ2v) is 2.86. The first kappa shape index (κ1) is 9.95. The third-order valence-electron chi connectivity index (χ3n) is 1.93. The summed E-state index contributed by atoms with van der Waals surface area (Å²) in [5.41, 5.74) is 11.8. The average molecular weight is 184 g/mol. The molecule has 1 rings (SSSR count). The fourth-order valence-corrected chi connectivity index (χ4v) is 1.17. The molecule has 0 bridgehead atoms. The van der Waals surface area contributed by atoms with E-state index >= 15 is 0 Å². The minimum atomic E-state index is -0.467. The van der Waals surface area contributed by atoms with Crippen molar-refractivity contribution < 1.29 is 9.50 Å². The van der Waals surface area contributed by atoms with Gasteiger partial charge in [-0.15, -0.1) is 0 Å². The van der Waals surface area contributed by atoms with Crippen molar-refractivity contribution in [3.8, 4) is 0 Å². The highest BCUT2D eigenvalue weighted by Crippen LogP contribution is 2.22. The summed E-state index contributed by atoms with van der Waals surface area (Å²) in [7, 11) is 0. The second-order valence-electron chi connectivity index (χ2n) is 2.86. The summed E-state index contributed by atoms with van der Waals surface area (Å²) in [6, 6.07) is 4.10. The van der Waals surface area contributed by atoms with E-state index in [4.69, 9.17) is 16.6 Å². The first-order valence-electron chi connectivity index (χ1n) is 4.07. The summed E-state index contributed by atoms with van der Waals surface area (Å²) >= 11 is 0. The van der Waals surface area contributed by atoms with Crippen molar-refractivity contribution in [1.82, 2.24) is 0 Å². The first-order chi connectivity index (χ1) is 6.16. The van der Waals surface area contributed by atoms with Crippen molar-refractivity contribution >= 4 is 5.69 Å². The molecule has 0 aromatic heterocycles. The number of rotatable bonds is 3. The molecule has 0 saturated heterocycles. The van der Waals surface area contributed by atoms with Crippen LogP contribution in [0.15, 0.2) is 18.2 Å². The van der Waals surface area contributed by atoms with Crippen LogP contribution in [0.2, 0.25) is 0 Å². The Morgan fingerprint density at radius 3 is 2.77 bits per heavy atom. The van der Waals surface area contributed by atoms with E-state index < -0.39 is 11.9 Å². The number of aliphatic hydroxyl groups excluding tert-OH is 1. The van der Waals surface area contributed by atoms with E-state index in [1.807, 2.05) is 0 Å². The number of nitrogens with two attached hydrogens (primary N) is 2. The summed E-state index contributed by atoms with van der Waals surface area (Å²) in [5, 5.41) is 8.64. The molecule has 72 valence electrons. The maximum atomic E-state index is 12.9. The van der Waals surface area contributed by atoms with Crippen molar-refractivity contribution in [3.05, 3.63) is 29.6 Å². The van der Waals surface area contributed by atoms with Gasteiger partial charge in [-0.1, -0.05) is 12.1 Å². The maximum Gasteiger partial charge on any atom is 0.146 e. The molecule has 0 spiro atoms. The Labute approximate surface area is 76.2 Å². The Balaban J connectivity index is 2.93. The molecule has 0 unspecified atom stereocenters. The van der Waals surface area contributed by atoms with Gasteiger partial charge in [0.1, 0.15) is 5.82 Å². The van der Waals surface area contributed by atoms with Gasteiger partial charge in [-0.25, -0.2) is 4.39 Å². The smallest absolute Gasteiger partial charge is 0.146 e. The van der Waals surface area contributed by atoms with Gasteiger partial charge < -0.3 is 16.6 Å². The highest BCUT2D eigenvalue weighted by molar-refractivity contribution is 5.49. The molecular formula is C9H13FN2O. The van der Waals surface area contributed by atoms with Crippen LogP contribution >= 0.6 is 0 Å². The normalized spacial score (nSPS) is 12.8. The molecule has 0 saturated carbocycles. The maximum absolute atomic E-state index is 12.9. The largest absolute Gasteiger partial charge is 0.396 e. The van der Waals surface area contributed by atoms with Crippen LogP contribution in [0.5, 0.6) is 0 Å². The van der Waals surface area contributed by atoms with E-state index in [0.29, 0.717) is 12.0 Å². The van der Waals surface area contributed by atoms with E-state index in [1.165, 1.54) is 6.07 Å². The molecule has 0 heterocycles. The Bertz CT molecular complexity index is 291. The fraction of sp³-hybridized carbons (Fsp3) is 0.333. The summed E-state index contributed by atoms with van der Waals surface area (Å²) in [4.78, 5) is 0. The van der Waals surface area contributed by atoms with E-state index in [1.54, 1.807) is 12.1 Å². The number of anilines is 1. The van der Waals surface area contributed by atoms with Gasteiger partial charge in [0, 0.05) is 12.6 Å². The topological polar surface area (TPSA) is 72.3 Å². The zero-order valence-electron chi connectivity index (χ0n) is 7.20. The molecule has 0 radical (unpaired) electrons. The molecule has 13 heavy (non-hydrogen) atoms. The van der Waals surface area contributed by atoms with Gasteiger partial charge in [0.05, 0.1) is 5.69 Å². The first-order valence-corrected chi connectivity index (χ1v) is 4.07. The number of benzene rings is 1. The van der Waals surface area contributed by atoms with Gasteiger partial charge in [-0.05, 0) is 18.1 Å². The Morgan fingerprint density at radius 2 is 2.15 bits per heavy atom. The minimum Gasteiger partial charge on any atom is -0.396 e. The highest BCUT2D eigenvalue weighted by Gasteiger charge is 2.11. The van der Waals surface area contributed by atoms with Crippen molar-refractivity contribution in [3.63, 3.8) is 0 Å². The van der Waals surface area contributed by atoms with Gasteiger partial charge in [0.15, 0.2) is 0 Å². The van der Waals surface area contributed by atoms with Crippen molar-refractivity contribution in [2.45, 2.75) is 12.5 Å². The van der Waals surface area contributed by atoms with Gasteiger partial charge in [-0.2, -0.15) is 0 Å². The molecule has 4 heteroatoms. The zero-order valence-corrected chi connectivity index (χ0v) is 7.20. The molecule has 0 fully saturated rings. The molecule has 1 atom stereocenters. The van der Waals surface area contributed by atoms with Crippen LogP contribution < -0.4 is 11.5 Å². The Kier molecular flexibility index (Phi) is 3.22. The van der Waals surface area contributed by atoms with Crippen LogP contribution in [0.3, 0.4) is 0 Å². The third-order valence-corrected chi connectivity index (χ3v) is 1.93. The van der Waals surface area contributed by atoms with E-state index in [-0.39, 0.29) is 12.3 Å².